The van der Waals surface area contributed by atoms with Gasteiger partial charge in [0.25, 0.3) is 0 Å². The molecule has 0 aliphatic carbocycles. The zero-order valence-electron chi connectivity index (χ0n) is 7.07. The summed E-state index contributed by atoms with van der Waals surface area (Å²) in [5.74, 6) is 0.545. The molecule has 1 aromatic heterocycles. The van der Waals surface area contributed by atoms with Gasteiger partial charge in [-0.1, -0.05) is 0 Å². The molecule has 0 aliphatic heterocycles. The summed E-state index contributed by atoms with van der Waals surface area (Å²) < 4.78 is 4.94. The summed E-state index contributed by atoms with van der Waals surface area (Å²) in [5, 5.41) is 0. The van der Waals surface area contributed by atoms with E-state index in [2.05, 4.69) is 9.97 Å². The molecule has 4 heteroatoms. The molecule has 0 unspecified atom stereocenters. The van der Waals surface area contributed by atoms with Crippen LogP contribution in [0.4, 0.5) is 0 Å². The second-order valence-corrected chi connectivity index (χ2v) is 2.44. The predicted molar refractivity (Wildman–Crippen MR) is 43.0 cm³/mol. The van der Waals surface area contributed by atoms with E-state index < -0.39 is 0 Å². The average Bonchev–Trinajstić information content (AvgIpc) is 2.04. The lowest BCUT2D eigenvalue weighted by atomic mass is 10.2. The molecule has 0 saturated carbocycles. The fraction of sp³-hybridized carbons (Fsp3) is 0.375. The highest BCUT2D eigenvalue weighted by atomic mass is 16.5. The van der Waals surface area contributed by atoms with Gasteiger partial charge in [0.1, 0.15) is 12.1 Å². The first-order valence-corrected chi connectivity index (χ1v) is 3.56. The average molecular weight is 166 g/mol. The number of aromatic nitrogens is 2. The molecule has 12 heavy (non-hydrogen) atoms. The maximum Gasteiger partial charge on any atom is 0.219 e. The van der Waals surface area contributed by atoms with Crippen LogP contribution >= 0.6 is 0 Å². The molecule has 0 atom stereocenters. The number of hydrogen-bond acceptors (Lipinski definition) is 4. The second-order valence-electron chi connectivity index (χ2n) is 2.44. The maximum absolute atomic E-state index is 10.8. The minimum absolute atomic E-state index is 0.0723. The van der Waals surface area contributed by atoms with Crippen LogP contribution in [-0.4, -0.2) is 22.9 Å². The predicted octanol–water partition coefficient (Wildman–Crippen LogP) is 0.617. The summed E-state index contributed by atoms with van der Waals surface area (Å²) >= 11 is 0. The van der Waals surface area contributed by atoms with E-state index in [9.17, 15) is 4.79 Å². The third kappa shape index (κ3) is 2.02. The van der Waals surface area contributed by atoms with E-state index >= 15 is 0 Å². The lowest BCUT2D eigenvalue weighted by Gasteiger charge is -2.02. The third-order valence-corrected chi connectivity index (χ3v) is 1.38. The van der Waals surface area contributed by atoms with Crippen molar-refractivity contribution in [3.05, 3.63) is 18.1 Å². The van der Waals surface area contributed by atoms with Crippen LogP contribution in [0.2, 0.25) is 0 Å². The van der Waals surface area contributed by atoms with Gasteiger partial charge in [-0.2, -0.15) is 0 Å². The first-order valence-electron chi connectivity index (χ1n) is 3.56. The summed E-state index contributed by atoms with van der Waals surface area (Å²) in [6, 6.07) is 0. The third-order valence-electron chi connectivity index (χ3n) is 1.38. The number of rotatable bonds is 3. The second kappa shape index (κ2) is 3.80. The van der Waals surface area contributed by atoms with Gasteiger partial charge in [0, 0.05) is 18.2 Å². The molecule has 0 fully saturated rings. The van der Waals surface area contributed by atoms with Gasteiger partial charge in [0.15, 0.2) is 0 Å². The zero-order chi connectivity index (χ0) is 8.97. The van der Waals surface area contributed by atoms with E-state index in [-0.39, 0.29) is 5.78 Å². The van der Waals surface area contributed by atoms with Gasteiger partial charge in [-0.25, -0.2) is 9.97 Å². The summed E-state index contributed by atoms with van der Waals surface area (Å²) in [5.41, 5.74) is 0.729. The van der Waals surface area contributed by atoms with Gasteiger partial charge < -0.3 is 4.74 Å². The van der Waals surface area contributed by atoms with E-state index in [4.69, 9.17) is 4.74 Å². The summed E-state index contributed by atoms with van der Waals surface area (Å²) in [6.07, 6.45) is 3.31. The largest absolute Gasteiger partial charge is 0.481 e. The number of ether oxygens (including phenoxy) is 1. The Bertz CT molecular complexity index is 286. The van der Waals surface area contributed by atoms with Crippen LogP contribution in [0, 0.1) is 0 Å². The lowest BCUT2D eigenvalue weighted by molar-refractivity contribution is -0.116. The number of carbonyl (C=O) groups is 1. The molecule has 0 bridgehead atoms. The van der Waals surface area contributed by atoms with Gasteiger partial charge in [-0.15, -0.1) is 0 Å². The normalized spacial score (nSPS) is 9.50. The fourth-order valence-corrected chi connectivity index (χ4v) is 0.920. The minimum atomic E-state index is 0.0723. The summed E-state index contributed by atoms with van der Waals surface area (Å²) in [7, 11) is 1.52. The number of carbonyl (C=O) groups excluding carboxylic acids is 1. The molecular weight excluding hydrogens is 156 g/mol. The topological polar surface area (TPSA) is 52.1 Å². The van der Waals surface area contributed by atoms with Gasteiger partial charge >= 0.3 is 0 Å². The molecule has 1 aromatic rings. The minimum Gasteiger partial charge on any atom is -0.481 e. The molecule has 4 nitrogen and oxygen atoms in total. The van der Waals surface area contributed by atoms with Crippen LogP contribution in [0.1, 0.15) is 12.5 Å². The van der Waals surface area contributed by atoms with E-state index in [0.29, 0.717) is 12.3 Å². The molecule has 0 aliphatic rings. The molecule has 0 saturated heterocycles. The van der Waals surface area contributed by atoms with Crippen molar-refractivity contribution < 1.29 is 9.53 Å². The van der Waals surface area contributed by atoms with Gasteiger partial charge in [-0.05, 0) is 6.92 Å². The number of hydrogen-bond donors (Lipinski definition) is 0. The van der Waals surface area contributed by atoms with Crippen LogP contribution in [0.15, 0.2) is 12.5 Å². The highest BCUT2D eigenvalue weighted by molar-refractivity contribution is 5.78. The zero-order valence-corrected chi connectivity index (χ0v) is 7.07. The molecule has 1 heterocycles. The van der Waals surface area contributed by atoms with E-state index in [1.807, 2.05) is 0 Å². The Kier molecular flexibility index (Phi) is 2.74. The highest BCUT2D eigenvalue weighted by Gasteiger charge is 2.05. The van der Waals surface area contributed by atoms with Crippen LogP contribution < -0.4 is 4.74 Å². The molecule has 1 rings (SSSR count). The van der Waals surface area contributed by atoms with Crippen molar-refractivity contribution in [2.45, 2.75) is 13.3 Å². The van der Waals surface area contributed by atoms with Crippen LogP contribution in [0.5, 0.6) is 5.88 Å². The quantitative estimate of drug-likeness (QED) is 0.660. The van der Waals surface area contributed by atoms with Crippen molar-refractivity contribution in [1.29, 1.82) is 0 Å². The SMILES string of the molecule is COc1ncncc1CC(C)=O. The van der Waals surface area contributed by atoms with Crippen molar-refractivity contribution in [3.63, 3.8) is 0 Å². The molecule has 0 amide bonds. The van der Waals surface area contributed by atoms with Crippen LogP contribution in [0.25, 0.3) is 0 Å². The smallest absolute Gasteiger partial charge is 0.219 e. The van der Waals surface area contributed by atoms with Crippen molar-refractivity contribution in [2.24, 2.45) is 0 Å². The Morgan fingerprint density at radius 2 is 2.42 bits per heavy atom. The number of ketones is 1. The van der Waals surface area contributed by atoms with Crippen LogP contribution in [-0.2, 0) is 11.2 Å². The Balaban J connectivity index is 2.89. The number of Topliss-reactive ketones (excluding diaryl/α,β-unsaturated/α-hetero) is 1. The lowest BCUT2D eigenvalue weighted by Crippen LogP contribution is -2.01. The molecular formula is C8H10N2O2. The van der Waals surface area contributed by atoms with Crippen LogP contribution in [0.3, 0.4) is 0 Å². The van der Waals surface area contributed by atoms with Crippen molar-refractivity contribution in [2.75, 3.05) is 7.11 Å². The molecule has 0 aromatic carbocycles. The van der Waals surface area contributed by atoms with E-state index in [1.165, 1.54) is 20.4 Å². The molecule has 0 radical (unpaired) electrons. The fourth-order valence-electron chi connectivity index (χ4n) is 0.920. The van der Waals surface area contributed by atoms with E-state index in [1.54, 1.807) is 6.20 Å². The molecule has 0 N–H and O–H groups in total. The number of methoxy groups -OCH3 is 1. The summed E-state index contributed by atoms with van der Waals surface area (Å²) in [6.45, 7) is 1.52. The highest BCUT2D eigenvalue weighted by Crippen LogP contribution is 2.12. The van der Waals surface area contributed by atoms with Crippen molar-refractivity contribution in [3.8, 4) is 5.88 Å². The monoisotopic (exact) mass is 166 g/mol. The Morgan fingerprint density at radius 3 is 3.00 bits per heavy atom. The summed E-state index contributed by atoms with van der Waals surface area (Å²) in [4.78, 5) is 18.4. The Hall–Kier alpha value is -1.45. The Morgan fingerprint density at radius 1 is 1.67 bits per heavy atom. The maximum atomic E-state index is 10.8. The van der Waals surface area contributed by atoms with Crippen molar-refractivity contribution in [1.82, 2.24) is 9.97 Å². The molecule has 64 valence electrons. The van der Waals surface area contributed by atoms with E-state index in [0.717, 1.165) is 5.56 Å². The molecule has 0 spiro atoms. The van der Waals surface area contributed by atoms with Gasteiger partial charge in [-0.3, -0.25) is 4.79 Å². The first kappa shape index (κ1) is 8.64. The van der Waals surface area contributed by atoms with Gasteiger partial charge in [0.05, 0.1) is 7.11 Å². The first-order chi connectivity index (χ1) is 5.74. The Labute approximate surface area is 70.6 Å². The van der Waals surface area contributed by atoms with Crippen molar-refractivity contribution >= 4 is 5.78 Å². The standard InChI is InChI=1S/C8H10N2O2/c1-6(11)3-7-4-9-5-10-8(7)12-2/h4-5H,3H2,1-2H3. The number of nitrogens with zero attached hydrogens (tertiary/aromatic N) is 2. The van der Waals surface area contributed by atoms with Gasteiger partial charge in [0.2, 0.25) is 5.88 Å².